The van der Waals surface area contributed by atoms with Crippen LogP contribution in [0.1, 0.15) is 20.8 Å². The first-order valence-corrected chi connectivity index (χ1v) is 10.6. The molecule has 0 rings (SSSR count). The molecule has 8 nitrogen and oxygen atoms in total. The molecular formula is C21H31N3O5S2. The van der Waals surface area contributed by atoms with Gasteiger partial charge in [0.05, 0.1) is 26.6 Å². The number of rotatable bonds is 12. The third-order valence-electron chi connectivity index (χ3n) is 3.59. The maximum atomic E-state index is 12.3. The highest BCUT2D eigenvalue weighted by atomic mass is 32.2. The summed E-state index contributed by atoms with van der Waals surface area (Å²) >= 11 is 6.53. The van der Waals surface area contributed by atoms with Gasteiger partial charge in [-0.25, -0.2) is 0 Å². The van der Waals surface area contributed by atoms with Crippen LogP contribution in [0.2, 0.25) is 0 Å². The highest BCUT2D eigenvalue weighted by Crippen LogP contribution is 2.18. The van der Waals surface area contributed by atoms with Crippen LogP contribution in [-0.2, 0) is 23.8 Å². The number of methoxy groups -OCH3 is 3. The minimum atomic E-state index is -0.429. The van der Waals surface area contributed by atoms with Gasteiger partial charge in [-0.15, -0.1) is 11.8 Å². The van der Waals surface area contributed by atoms with Crippen molar-refractivity contribution in [3.63, 3.8) is 0 Å². The van der Waals surface area contributed by atoms with Crippen LogP contribution in [0.5, 0.6) is 0 Å². The number of carbonyl (C=O) groups excluding carboxylic acids is 2. The van der Waals surface area contributed by atoms with Gasteiger partial charge in [-0.1, -0.05) is 12.7 Å². The van der Waals surface area contributed by atoms with E-state index in [0.29, 0.717) is 12.1 Å². The number of carbonyl (C=O) groups is 2. The molecule has 0 radical (unpaired) electrons. The van der Waals surface area contributed by atoms with Crippen LogP contribution >= 0.6 is 24.0 Å². The highest BCUT2D eigenvalue weighted by Gasteiger charge is 2.14. The summed E-state index contributed by atoms with van der Waals surface area (Å²) in [6, 6.07) is 0. The number of hydrogen-bond acceptors (Lipinski definition) is 7. The topological polar surface area (TPSA) is 97.9 Å². The van der Waals surface area contributed by atoms with Crippen molar-refractivity contribution in [2.75, 3.05) is 27.9 Å². The van der Waals surface area contributed by atoms with Gasteiger partial charge in [-0.2, -0.15) is 0 Å². The van der Waals surface area contributed by atoms with E-state index in [2.05, 4.69) is 22.5 Å². The summed E-state index contributed by atoms with van der Waals surface area (Å²) in [5.41, 5.74) is 0.323. The van der Waals surface area contributed by atoms with Crippen LogP contribution < -0.4 is 16.0 Å². The van der Waals surface area contributed by atoms with Crippen molar-refractivity contribution in [1.29, 1.82) is 0 Å². The molecule has 1 atom stereocenters. The summed E-state index contributed by atoms with van der Waals surface area (Å²) in [5.74, 6) is 0.299. The predicted molar refractivity (Wildman–Crippen MR) is 129 cm³/mol. The van der Waals surface area contributed by atoms with Gasteiger partial charge in [0.25, 0.3) is 5.91 Å². The normalized spacial score (nSPS) is 13.3. The van der Waals surface area contributed by atoms with Gasteiger partial charge in [-0.05, 0) is 50.5 Å². The Hall–Kier alpha value is -2.72. The second-order valence-corrected chi connectivity index (χ2v) is 7.54. The Kier molecular flexibility index (Phi) is 14.6. The number of allylic oxidation sites excluding steroid dienone is 2. The van der Waals surface area contributed by atoms with Crippen molar-refractivity contribution in [2.45, 2.75) is 26.0 Å². The van der Waals surface area contributed by atoms with Gasteiger partial charge in [0.15, 0.2) is 16.6 Å². The Balaban J connectivity index is 4.71. The number of thiocarbonyl (C=S) groups is 1. The highest BCUT2D eigenvalue weighted by molar-refractivity contribution is 8.03. The first-order chi connectivity index (χ1) is 14.7. The van der Waals surface area contributed by atoms with Crippen molar-refractivity contribution < 1.29 is 23.8 Å². The number of amides is 2. The summed E-state index contributed by atoms with van der Waals surface area (Å²) in [5, 5.41) is 9.86. The van der Waals surface area contributed by atoms with Crippen LogP contribution in [0.4, 0.5) is 0 Å². The maximum absolute atomic E-state index is 12.3. The number of nitrogens with one attached hydrogen (secondary N) is 3. The van der Waals surface area contributed by atoms with Crippen molar-refractivity contribution >= 4 is 40.9 Å². The molecule has 0 aliphatic heterocycles. The second kappa shape index (κ2) is 16.0. The molecule has 0 saturated heterocycles. The molecule has 2 amide bonds. The minimum Gasteiger partial charge on any atom is -0.493 e. The predicted octanol–water partition coefficient (Wildman–Crippen LogP) is 2.87. The Morgan fingerprint density at radius 1 is 1.19 bits per heavy atom. The minimum absolute atomic E-state index is 0.0713. The fourth-order valence-electron chi connectivity index (χ4n) is 1.92. The zero-order chi connectivity index (χ0) is 23.8. The Morgan fingerprint density at radius 3 is 2.42 bits per heavy atom. The lowest BCUT2D eigenvalue weighted by molar-refractivity contribution is -0.120. The standard InChI is InChI=1S/C21H31N3O5S2/c1-8-12-31-16(4)20(26)22-10-9-11-23-21(30)24-19(25)14(2)13-17(28-6)18(29-7)15(3)27-5/h8-9,11-13,16H,3,10H2,1-2,4-7H3,(H,22,26)(H2,23,24,25,30)/b11-9+,12-8-,14-13+,18-17-. The van der Waals surface area contributed by atoms with Crippen LogP contribution in [-0.4, -0.2) is 50.1 Å². The summed E-state index contributed by atoms with van der Waals surface area (Å²) in [6.07, 6.45) is 6.58. The molecule has 0 spiro atoms. The smallest absolute Gasteiger partial charge is 0.253 e. The van der Waals surface area contributed by atoms with Crippen molar-refractivity contribution in [2.24, 2.45) is 0 Å². The van der Waals surface area contributed by atoms with E-state index in [9.17, 15) is 9.59 Å². The molecular weight excluding hydrogens is 438 g/mol. The van der Waals surface area contributed by atoms with Gasteiger partial charge >= 0.3 is 0 Å². The average molecular weight is 470 g/mol. The molecule has 1 unspecified atom stereocenters. The SMILES string of the molecule is C=C(OC)/C(OC)=C(\C=C(/C)C(=O)NC(=S)N/C=C/CNC(=O)C(C)S/C=C\C)OC. The summed E-state index contributed by atoms with van der Waals surface area (Å²) in [4.78, 5) is 24.2. The van der Waals surface area contributed by atoms with E-state index < -0.39 is 5.91 Å². The van der Waals surface area contributed by atoms with E-state index in [-0.39, 0.29) is 33.5 Å². The van der Waals surface area contributed by atoms with E-state index in [0.717, 1.165) is 0 Å². The maximum Gasteiger partial charge on any atom is 0.253 e. The molecule has 0 aliphatic carbocycles. The number of hydrogen-bond donors (Lipinski definition) is 3. The van der Waals surface area contributed by atoms with Gasteiger partial charge in [0, 0.05) is 18.3 Å². The molecule has 3 N–H and O–H groups in total. The third kappa shape index (κ3) is 11.3. The summed E-state index contributed by atoms with van der Waals surface area (Å²) in [6.45, 7) is 9.36. The molecule has 0 saturated carbocycles. The molecule has 31 heavy (non-hydrogen) atoms. The van der Waals surface area contributed by atoms with Crippen molar-refractivity contribution in [3.8, 4) is 0 Å². The van der Waals surface area contributed by atoms with E-state index >= 15 is 0 Å². The molecule has 0 aromatic carbocycles. The molecule has 172 valence electrons. The molecule has 10 heteroatoms. The number of ether oxygens (including phenoxy) is 3. The summed E-state index contributed by atoms with van der Waals surface area (Å²) < 4.78 is 15.5. The zero-order valence-electron chi connectivity index (χ0n) is 18.7. The lowest BCUT2D eigenvalue weighted by atomic mass is 10.2. The molecule has 0 aromatic heterocycles. The lowest BCUT2D eigenvalue weighted by Crippen LogP contribution is -2.37. The van der Waals surface area contributed by atoms with Gasteiger partial charge in [0.1, 0.15) is 0 Å². The van der Waals surface area contributed by atoms with Gasteiger partial charge in [-0.3, -0.25) is 14.9 Å². The monoisotopic (exact) mass is 469 g/mol. The first-order valence-electron chi connectivity index (χ1n) is 9.26. The van der Waals surface area contributed by atoms with Crippen LogP contribution in [0.15, 0.2) is 59.3 Å². The van der Waals surface area contributed by atoms with Crippen LogP contribution in [0.3, 0.4) is 0 Å². The van der Waals surface area contributed by atoms with E-state index in [1.165, 1.54) is 45.4 Å². The fraction of sp³-hybridized carbons (Fsp3) is 0.381. The Labute approximate surface area is 193 Å². The Morgan fingerprint density at radius 2 is 1.87 bits per heavy atom. The fourth-order valence-corrected chi connectivity index (χ4v) is 2.68. The quantitative estimate of drug-likeness (QED) is 0.174. The van der Waals surface area contributed by atoms with Crippen LogP contribution in [0.25, 0.3) is 0 Å². The van der Waals surface area contributed by atoms with Gasteiger partial charge < -0.3 is 24.8 Å². The van der Waals surface area contributed by atoms with E-state index in [1.54, 1.807) is 13.0 Å². The van der Waals surface area contributed by atoms with E-state index in [4.69, 9.17) is 26.4 Å². The van der Waals surface area contributed by atoms with Crippen LogP contribution in [0, 0.1) is 0 Å². The molecule has 0 aliphatic rings. The second-order valence-electron chi connectivity index (χ2n) is 5.88. The van der Waals surface area contributed by atoms with Crippen molar-refractivity contribution in [3.05, 3.63) is 59.3 Å². The van der Waals surface area contributed by atoms with Crippen molar-refractivity contribution in [1.82, 2.24) is 16.0 Å². The van der Waals surface area contributed by atoms with Gasteiger partial charge in [0.2, 0.25) is 11.7 Å². The first kappa shape index (κ1) is 28.3. The molecule has 0 heterocycles. The largest absolute Gasteiger partial charge is 0.493 e. The summed E-state index contributed by atoms with van der Waals surface area (Å²) in [7, 11) is 4.33. The Bertz CT molecular complexity index is 773. The lowest BCUT2D eigenvalue weighted by Gasteiger charge is -2.13. The molecule has 0 bridgehead atoms. The average Bonchev–Trinajstić information content (AvgIpc) is 2.75. The zero-order valence-corrected chi connectivity index (χ0v) is 20.4. The molecule has 0 aromatic rings. The number of thioether (sulfide) groups is 1. The molecule has 0 fully saturated rings. The van der Waals surface area contributed by atoms with E-state index in [1.807, 2.05) is 25.3 Å². The third-order valence-corrected chi connectivity index (χ3v) is 4.87.